The maximum Gasteiger partial charge on any atom is 0.257 e. The first-order valence-electron chi connectivity index (χ1n) is 3.15. The molecule has 0 aliphatic carbocycles. The van der Waals surface area contributed by atoms with Crippen LogP contribution >= 0.6 is 0 Å². The summed E-state index contributed by atoms with van der Waals surface area (Å²) in [6.07, 6.45) is 6.07. The molecule has 0 aliphatic heterocycles. The Morgan fingerprint density at radius 1 is 1.30 bits per heavy atom. The van der Waals surface area contributed by atoms with Crippen molar-refractivity contribution in [3.05, 3.63) is 18.7 Å². The third-order valence-electron chi connectivity index (χ3n) is 1.32. The largest absolute Gasteiger partial charge is 1.00 e. The van der Waals surface area contributed by atoms with E-state index >= 15 is 0 Å². The number of nitrogens with one attached hydrogen (secondary N) is 1. The van der Waals surface area contributed by atoms with E-state index in [9.17, 15) is 0 Å². The number of imidazole rings is 1. The van der Waals surface area contributed by atoms with Crippen molar-refractivity contribution in [2.45, 2.75) is 19.6 Å². The molecule has 0 aliphatic rings. The molecule has 0 aromatic carbocycles. The fourth-order valence-electron chi connectivity index (χ4n) is 0.707. The molecule has 4 heteroatoms. The Hall–Kier alpha value is -0.0931. The Labute approximate surface area is 73.1 Å². The number of hydrogen-bond acceptors (Lipinski definition) is 0. The van der Waals surface area contributed by atoms with Gasteiger partial charge in [0.1, 0.15) is 12.4 Å². The Bertz CT molecular complexity index is 178. The maximum atomic E-state index is 3.03. The van der Waals surface area contributed by atoms with E-state index in [1.54, 1.807) is 0 Å². The summed E-state index contributed by atoms with van der Waals surface area (Å²) in [5.74, 6) is 0. The van der Waals surface area contributed by atoms with Gasteiger partial charge in [-0.2, -0.15) is 0 Å². The molecule has 58 valence electrons. The van der Waals surface area contributed by atoms with Crippen molar-refractivity contribution in [3.63, 3.8) is 0 Å². The zero-order chi connectivity index (χ0) is 6.91. The summed E-state index contributed by atoms with van der Waals surface area (Å²) in [5, 5.41) is 0. The lowest BCUT2D eigenvalue weighted by Crippen LogP contribution is -3.00. The molecule has 0 saturated carbocycles. The van der Waals surface area contributed by atoms with Gasteiger partial charge >= 0.3 is 0 Å². The molecule has 0 unspecified atom stereocenters. The molecule has 1 aromatic rings. The van der Waals surface area contributed by atoms with E-state index < -0.39 is 8.24 Å². The summed E-state index contributed by atoms with van der Waals surface area (Å²) < 4.78 is 2.27. The van der Waals surface area contributed by atoms with Crippen LogP contribution in [-0.2, 0) is 0 Å². The van der Waals surface area contributed by atoms with Crippen LogP contribution in [0.2, 0.25) is 19.6 Å². The van der Waals surface area contributed by atoms with Crippen LogP contribution in [0, 0.1) is 0 Å². The highest BCUT2D eigenvalue weighted by atomic mass is 79.9. The topological polar surface area (TPSA) is 19.7 Å². The van der Waals surface area contributed by atoms with Gasteiger partial charge in [0.2, 0.25) is 6.33 Å². The predicted molar refractivity (Wildman–Crippen MR) is 39.7 cm³/mol. The van der Waals surface area contributed by atoms with E-state index in [4.69, 9.17) is 0 Å². The molecule has 1 heterocycles. The summed E-state index contributed by atoms with van der Waals surface area (Å²) in [4.78, 5) is 3.03. The first-order valence-corrected chi connectivity index (χ1v) is 6.60. The van der Waals surface area contributed by atoms with Crippen LogP contribution in [-0.4, -0.2) is 13.2 Å². The molecule has 1 aromatic heterocycles. The predicted octanol–water partition coefficient (Wildman–Crippen LogP) is -2.01. The zero-order valence-corrected chi connectivity index (χ0v) is 9.14. The highest BCUT2D eigenvalue weighted by molar-refractivity contribution is 6.67. The molecule has 1 N–H and O–H groups in total. The highest BCUT2D eigenvalue weighted by Crippen LogP contribution is 1.92. The van der Waals surface area contributed by atoms with Crippen LogP contribution in [0.4, 0.5) is 0 Å². The molecule has 0 amide bonds. The quantitative estimate of drug-likeness (QED) is 0.529. The molecule has 0 bridgehead atoms. The van der Waals surface area contributed by atoms with E-state index in [0.29, 0.717) is 0 Å². The first kappa shape index (κ1) is 9.91. The lowest BCUT2D eigenvalue weighted by molar-refractivity contribution is -0.543. The van der Waals surface area contributed by atoms with Gasteiger partial charge in [0.05, 0.1) is 0 Å². The number of halogens is 1. The molecule has 10 heavy (non-hydrogen) atoms. The summed E-state index contributed by atoms with van der Waals surface area (Å²) in [5.41, 5.74) is 0. The number of H-pyrrole nitrogens is 1. The maximum absolute atomic E-state index is 3.03. The van der Waals surface area contributed by atoms with Crippen molar-refractivity contribution in [2.24, 2.45) is 0 Å². The van der Waals surface area contributed by atoms with Crippen LogP contribution in [0.1, 0.15) is 0 Å². The van der Waals surface area contributed by atoms with Gasteiger partial charge in [-0.15, -0.1) is 0 Å². The number of aromatic nitrogens is 2. The van der Waals surface area contributed by atoms with Gasteiger partial charge in [-0.1, -0.05) is 0 Å². The molecule has 1 rings (SSSR count). The number of hydrogen-bond donors (Lipinski definition) is 1. The summed E-state index contributed by atoms with van der Waals surface area (Å²) in [6, 6.07) is 0. The fourth-order valence-corrected chi connectivity index (χ4v) is 1.69. The molecule has 2 nitrogen and oxygen atoms in total. The minimum Gasteiger partial charge on any atom is -1.00 e. The van der Waals surface area contributed by atoms with Crippen molar-refractivity contribution in [1.29, 1.82) is 0 Å². The molecule has 0 radical (unpaired) electrons. The van der Waals surface area contributed by atoms with Gasteiger partial charge in [-0.3, -0.25) is 9.22 Å². The smallest absolute Gasteiger partial charge is 0.257 e. The number of aromatic amines is 1. The van der Waals surface area contributed by atoms with Crippen molar-refractivity contribution in [1.82, 2.24) is 4.98 Å². The average Bonchev–Trinajstić information content (AvgIpc) is 2.08. The van der Waals surface area contributed by atoms with Crippen molar-refractivity contribution < 1.29 is 21.2 Å². The molecule has 0 fully saturated rings. The second-order valence-electron chi connectivity index (χ2n) is 3.19. The fraction of sp³-hybridized carbons (Fsp3) is 0.500. The highest BCUT2D eigenvalue weighted by Gasteiger charge is 2.21. The van der Waals surface area contributed by atoms with Crippen LogP contribution in [0.5, 0.6) is 0 Å². The zero-order valence-electron chi connectivity index (χ0n) is 6.56. The van der Waals surface area contributed by atoms with Gasteiger partial charge < -0.3 is 17.0 Å². The normalized spacial score (nSPS) is 10.7. The summed E-state index contributed by atoms with van der Waals surface area (Å²) >= 11 is 0. The lowest BCUT2D eigenvalue weighted by Gasteiger charge is -2.08. The van der Waals surface area contributed by atoms with Crippen LogP contribution in [0.3, 0.4) is 0 Å². The third kappa shape index (κ3) is 2.26. The van der Waals surface area contributed by atoms with Crippen LogP contribution in [0.25, 0.3) is 0 Å². The Balaban J connectivity index is 0.000000810. The van der Waals surface area contributed by atoms with Crippen molar-refractivity contribution in [2.75, 3.05) is 0 Å². The summed E-state index contributed by atoms with van der Waals surface area (Å²) in [7, 11) is -1.10. The lowest BCUT2D eigenvalue weighted by atomic mass is 11.0. The minimum absolute atomic E-state index is 0. The van der Waals surface area contributed by atoms with E-state index in [1.807, 2.05) is 12.5 Å². The second-order valence-corrected chi connectivity index (χ2v) is 8.05. The van der Waals surface area contributed by atoms with Crippen LogP contribution < -0.4 is 21.2 Å². The van der Waals surface area contributed by atoms with E-state index in [2.05, 4.69) is 35.1 Å². The standard InChI is InChI=1S/C6H12N2Si.BrH/c1-9(2,3)8-5-4-7-6-8;/h4-6H,1-3H3;1H. The van der Waals surface area contributed by atoms with Gasteiger partial charge in [0, 0.05) is 0 Å². The van der Waals surface area contributed by atoms with Gasteiger partial charge in [0.25, 0.3) is 8.24 Å². The first-order chi connectivity index (χ1) is 4.11. The molecular weight excluding hydrogens is 208 g/mol. The second kappa shape index (κ2) is 3.34. The van der Waals surface area contributed by atoms with E-state index in [1.165, 1.54) is 0 Å². The third-order valence-corrected chi connectivity index (χ3v) is 3.15. The minimum atomic E-state index is -1.10. The molecule has 0 saturated heterocycles. The van der Waals surface area contributed by atoms with Gasteiger partial charge in [0.15, 0.2) is 0 Å². The monoisotopic (exact) mass is 220 g/mol. The SMILES string of the molecule is C[Si](C)(C)[n+]1cc[nH]c1.[Br-]. The van der Waals surface area contributed by atoms with E-state index in [0.717, 1.165) is 0 Å². The van der Waals surface area contributed by atoms with Crippen molar-refractivity contribution in [3.8, 4) is 0 Å². The van der Waals surface area contributed by atoms with Gasteiger partial charge in [-0.25, -0.2) is 0 Å². The summed E-state index contributed by atoms with van der Waals surface area (Å²) in [6.45, 7) is 6.92. The number of nitrogens with zero attached hydrogens (tertiary/aromatic N) is 1. The number of rotatable bonds is 1. The van der Waals surface area contributed by atoms with Crippen LogP contribution in [0.15, 0.2) is 18.7 Å². The Kier molecular flexibility index (Phi) is 3.31. The Morgan fingerprint density at radius 3 is 2.10 bits per heavy atom. The van der Waals surface area contributed by atoms with Crippen molar-refractivity contribution >= 4 is 8.24 Å². The van der Waals surface area contributed by atoms with E-state index in [-0.39, 0.29) is 17.0 Å². The Morgan fingerprint density at radius 2 is 1.90 bits per heavy atom. The molecular formula is C6H13BrN2Si. The average molecular weight is 221 g/mol. The molecule has 0 atom stereocenters. The van der Waals surface area contributed by atoms with Gasteiger partial charge in [-0.05, 0) is 19.6 Å². The molecule has 0 spiro atoms.